The average Bonchev–Trinajstić information content (AvgIpc) is 2.91. The third kappa shape index (κ3) is 2.85. The van der Waals surface area contributed by atoms with Gasteiger partial charge >= 0.3 is 0 Å². The molecule has 5 nitrogen and oxygen atoms in total. The van der Waals surface area contributed by atoms with Crippen molar-refractivity contribution < 1.29 is 9.50 Å². The largest absolute Gasteiger partial charge is 0.386 e. The van der Waals surface area contributed by atoms with Gasteiger partial charge in [0.15, 0.2) is 0 Å². The molecule has 3 rings (SSSR count). The zero-order valence-corrected chi connectivity index (χ0v) is 11.5. The minimum absolute atomic E-state index is 0.317. The van der Waals surface area contributed by atoms with Crippen molar-refractivity contribution in [3.8, 4) is 0 Å². The van der Waals surface area contributed by atoms with Crippen molar-refractivity contribution in [3.05, 3.63) is 54.2 Å². The van der Waals surface area contributed by atoms with Crippen LogP contribution in [-0.2, 0) is 7.05 Å². The molecule has 6 heteroatoms. The molecule has 2 heterocycles. The SMILES string of the molecule is Cn1cc(C(O)CNc2ccnc3cc(F)ccc23)cn1. The Kier molecular flexibility index (Phi) is 3.53. The number of nitrogens with one attached hydrogen (secondary N) is 1. The average molecular weight is 286 g/mol. The number of benzene rings is 1. The zero-order valence-electron chi connectivity index (χ0n) is 11.5. The number of pyridine rings is 1. The van der Waals surface area contributed by atoms with E-state index in [2.05, 4.69) is 15.4 Å². The van der Waals surface area contributed by atoms with E-state index in [-0.39, 0.29) is 5.82 Å². The summed E-state index contributed by atoms with van der Waals surface area (Å²) >= 11 is 0. The van der Waals surface area contributed by atoms with Crippen LogP contribution in [0.25, 0.3) is 10.9 Å². The number of aliphatic hydroxyl groups is 1. The fourth-order valence-corrected chi connectivity index (χ4v) is 2.21. The van der Waals surface area contributed by atoms with E-state index >= 15 is 0 Å². The molecule has 0 spiro atoms. The van der Waals surface area contributed by atoms with Gasteiger partial charge in [-0.2, -0.15) is 5.10 Å². The summed E-state index contributed by atoms with van der Waals surface area (Å²) in [5, 5.41) is 18.1. The van der Waals surface area contributed by atoms with Crippen LogP contribution in [0.15, 0.2) is 42.9 Å². The number of halogens is 1. The second-order valence-corrected chi connectivity index (χ2v) is 4.86. The maximum atomic E-state index is 13.2. The van der Waals surface area contributed by atoms with Crippen molar-refractivity contribution in [1.82, 2.24) is 14.8 Å². The number of hydrogen-bond donors (Lipinski definition) is 2. The predicted octanol–water partition coefficient (Wildman–Crippen LogP) is 2.25. The van der Waals surface area contributed by atoms with E-state index in [1.807, 2.05) is 0 Å². The molecule has 108 valence electrons. The van der Waals surface area contributed by atoms with Crippen molar-refractivity contribution in [2.24, 2.45) is 7.05 Å². The summed E-state index contributed by atoms with van der Waals surface area (Å²) in [6, 6.07) is 6.26. The summed E-state index contributed by atoms with van der Waals surface area (Å²) in [7, 11) is 1.80. The highest BCUT2D eigenvalue weighted by molar-refractivity contribution is 5.90. The Morgan fingerprint density at radius 3 is 3.00 bits per heavy atom. The molecule has 0 radical (unpaired) electrons. The van der Waals surface area contributed by atoms with E-state index < -0.39 is 6.10 Å². The lowest BCUT2D eigenvalue weighted by Crippen LogP contribution is -2.12. The molecule has 0 saturated carbocycles. The van der Waals surface area contributed by atoms with E-state index in [1.165, 1.54) is 12.1 Å². The van der Waals surface area contributed by atoms with E-state index in [1.54, 1.807) is 42.5 Å². The van der Waals surface area contributed by atoms with Gasteiger partial charge in [0.25, 0.3) is 0 Å². The molecule has 0 aliphatic carbocycles. The maximum absolute atomic E-state index is 13.2. The van der Waals surface area contributed by atoms with Crippen molar-refractivity contribution >= 4 is 16.6 Å². The van der Waals surface area contributed by atoms with Gasteiger partial charge in [-0.25, -0.2) is 4.39 Å². The van der Waals surface area contributed by atoms with Crippen molar-refractivity contribution in [3.63, 3.8) is 0 Å². The summed E-state index contributed by atoms with van der Waals surface area (Å²) in [6.45, 7) is 0.335. The Bertz CT molecular complexity index is 771. The van der Waals surface area contributed by atoms with Crippen LogP contribution in [0.2, 0.25) is 0 Å². The highest BCUT2D eigenvalue weighted by Gasteiger charge is 2.10. The van der Waals surface area contributed by atoms with Crippen molar-refractivity contribution in [2.75, 3.05) is 11.9 Å². The van der Waals surface area contributed by atoms with Crippen LogP contribution in [0.3, 0.4) is 0 Å². The molecule has 2 aromatic heterocycles. The summed E-state index contributed by atoms with van der Waals surface area (Å²) in [4.78, 5) is 4.14. The van der Waals surface area contributed by atoms with Gasteiger partial charge in [0.2, 0.25) is 0 Å². The molecule has 1 aromatic carbocycles. The molecule has 0 saturated heterocycles. The summed E-state index contributed by atoms with van der Waals surface area (Å²) < 4.78 is 14.8. The third-order valence-corrected chi connectivity index (χ3v) is 3.30. The summed E-state index contributed by atoms with van der Waals surface area (Å²) in [5.74, 6) is -0.317. The number of hydrogen-bond acceptors (Lipinski definition) is 4. The minimum atomic E-state index is -0.664. The first-order valence-electron chi connectivity index (χ1n) is 6.58. The highest BCUT2D eigenvalue weighted by Crippen LogP contribution is 2.23. The molecule has 0 aliphatic heterocycles. The van der Waals surface area contributed by atoms with Crippen LogP contribution < -0.4 is 5.32 Å². The van der Waals surface area contributed by atoms with Crippen molar-refractivity contribution in [2.45, 2.75) is 6.10 Å². The van der Waals surface area contributed by atoms with Gasteiger partial charge in [-0.1, -0.05) is 0 Å². The summed E-state index contributed by atoms with van der Waals surface area (Å²) in [6.07, 6.45) is 4.35. The van der Waals surface area contributed by atoms with E-state index in [4.69, 9.17) is 0 Å². The van der Waals surface area contributed by atoms with Crippen molar-refractivity contribution in [1.29, 1.82) is 0 Å². The number of anilines is 1. The van der Waals surface area contributed by atoms with Crippen LogP contribution in [0.4, 0.5) is 10.1 Å². The van der Waals surface area contributed by atoms with Gasteiger partial charge in [0, 0.05) is 48.7 Å². The molecule has 0 fully saturated rings. The molecule has 0 aliphatic rings. The number of fused-ring (bicyclic) bond motifs is 1. The van der Waals surface area contributed by atoms with Gasteiger partial charge in [-0.15, -0.1) is 0 Å². The fourth-order valence-electron chi connectivity index (χ4n) is 2.21. The number of nitrogens with zero attached hydrogens (tertiary/aromatic N) is 3. The molecular weight excluding hydrogens is 271 g/mol. The first-order valence-corrected chi connectivity index (χ1v) is 6.58. The number of aliphatic hydroxyl groups excluding tert-OH is 1. The lowest BCUT2D eigenvalue weighted by atomic mass is 10.1. The quantitative estimate of drug-likeness (QED) is 0.772. The zero-order chi connectivity index (χ0) is 14.8. The molecule has 0 amide bonds. The summed E-state index contributed by atoms with van der Waals surface area (Å²) in [5.41, 5.74) is 2.13. The number of aryl methyl sites for hydroxylation is 1. The van der Waals surface area contributed by atoms with Gasteiger partial charge < -0.3 is 10.4 Å². The smallest absolute Gasteiger partial charge is 0.125 e. The first kappa shape index (κ1) is 13.5. The molecule has 21 heavy (non-hydrogen) atoms. The fraction of sp³-hybridized carbons (Fsp3) is 0.200. The normalized spacial score (nSPS) is 12.5. The molecular formula is C15H15FN4O. The Balaban J connectivity index is 1.79. The van der Waals surface area contributed by atoms with Gasteiger partial charge in [0.1, 0.15) is 5.82 Å². The van der Waals surface area contributed by atoms with Gasteiger partial charge in [-0.05, 0) is 18.2 Å². The Hall–Kier alpha value is -2.47. The third-order valence-electron chi connectivity index (χ3n) is 3.30. The standard InChI is InChI=1S/C15H15FN4O/c1-20-9-10(7-19-20)15(21)8-18-13-4-5-17-14-6-11(16)2-3-12(13)14/h2-7,9,15,21H,8H2,1H3,(H,17,18). The lowest BCUT2D eigenvalue weighted by Gasteiger charge is -2.13. The Labute approximate surface area is 121 Å². The van der Waals surface area contributed by atoms with Crippen LogP contribution in [0, 0.1) is 5.82 Å². The second kappa shape index (κ2) is 5.49. The van der Waals surface area contributed by atoms with Gasteiger partial charge in [-0.3, -0.25) is 9.67 Å². The van der Waals surface area contributed by atoms with E-state index in [0.29, 0.717) is 12.1 Å². The second-order valence-electron chi connectivity index (χ2n) is 4.86. The number of rotatable bonds is 4. The van der Waals surface area contributed by atoms with Crippen LogP contribution in [-0.4, -0.2) is 26.4 Å². The van der Waals surface area contributed by atoms with E-state index in [0.717, 1.165) is 16.6 Å². The first-order chi connectivity index (χ1) is 10.1. The lowest BCUT2D eigenvalue weighted by molar-refractivity contribution is 0.191. The van der Waals surface area contributed by atoms with Gasteiger partial charge in [0.05, 0.1) is 17.8 Å². The van der Waals surface area contributed by atoms with E-state index in [9.17, 15) is 9.50 Å². The molecule has 0 bridgehead atoms. The minimum Gasteiger partial charge on any atom is -0.386 e. The monoisotopic (exact) mass is 286 g/mol. The predicted molar refractivity (Wildman–Crippen MR) is 78.4 cm³/mol. The topological polar surface area (TPSA) is 63.0 Å². The maximum Gasteiger partial charge on any atom is 0.125 e. The molecule has 1 unspecified atom stereocenters. The molecule has 1 atom stereocenters. The van der Waals surface area contributed by atoms with Crippen LogP contribution in [0.5, 0.6) is 0 Å². The number of aromatic nitrogens is 3. The Morgan fingerprint density at radius 2 is 2.24 bits per heavy atom. The molecule has 3 aromatic rings. The Morgan fingerprint density at radius 1 is 1.38 bits per heavy atom. The van der Waals surface area contributed by atoms with Crippen LogP contribution in [0.1, 0.15) is 11.7 Å². The highest BCUT2D eigenvalue weighted by atomic mass is 19.1. The molecule has 2 N–H and O–H groups in total. The van der Waals surface area contributed by atoms with Crippen LogP contribution >= 0.6 is 0 Å².